The molecule has 1 atom stereocenters. The minimum absolute atomic E-state index is 0. The minimum atomic E-state index is -0.378. The van der Waals surface area contributed by atoms with Crippen molar-refractivity contribution in [1.82, 2.24) is 9.55 Å². The van der Waals surface area contributed by atoms with Gasteiger partial charge in [0, 0.05) is 33.6 Å². The first-order chi connectivity index (χ1) is 17.7. The number of thiophene rings is 2. The quantitative estimate of drug-likeness (QED) is 0.211. The van der Waals surface area contributed by atoms with Crippen molar-refractivity contribution >= 4 is 40.0 Å². The maximum absolute atomic E-state index is 15.7. The van der Waals surface area contributed by atoms with Gasteiger partial charge in [-0.25, -0.2) is 9.37 Å². The fourth-order valence-electron chi connectivity index (χ4n) is 5.10. The summed E-state index contributed by atoms with van der Waals surface area (Å²) in [7, 11) is 0. The van der Waals surface area contributed by atoms with E-state index in [1.165, 1.54) is 12.5 Å². The number of nitrogens with zero attached hydrogens (tertiary/aromatic N) is 2. The minimum Gasteiger partial charge on any atom is -0.870 e. The van der Waals surface area contributed by atoms with Crippen LogP contribution in [0, 0.1) is 5.82 Å². The van der Waals surface area contributed by atoms with Gasteiger partial charge in [0.2, 0.25) is 0 Å². The van der Waals surface area contributed by atoms with Crippen LogP contribution in [0.4, 0.5) is 4.39 Å². The summed E-state index contributed by atoms with van der Waals surface area (Å²) in [4.78, 5) is 17.1. The average molecular weight is 556 g/mol. The molecule has 5 aromatic rings. The molecular weight excluding hydrogens is 530 g/mol. The summed E-state index contributed by atoms with van der Waals surface area (Å²) < 4.78 is 24.2. The number of hydrogen-bond acceptors (Lipinski definition) is 6. The predicted molar refractivity (Wildman–Crippen MR) is 145 cm³/mol. The number of ether oxygens (including phenoxy) is 1. The van der Waals surface area contributed by atoms with Crippen molar-refractivity contribution in [2.75, 3.05) is 0 Å². The molecule has 3 aromatic heterocycles. The van der Waals surface area contributed by atoms with Crippen LogP contribution in [-0.2, 0) is 4.79 Å². The summed E-state index contributed by atoms with van der Waals surface area (Å²) in [6.07, 6.45) is 7.23. The van der Waals surface area contributed by atoms with E-state index >= 15 is 4.39 Å². The fraction of sp³-hybridized carbons (Fsp3) is 0.241. The third-order valence-corrected chi connectivity index (χ3v) is 8.45. The Morgan fingerprint density at radius 1 is 1.05 bits per heavy atom. The molecule has 5 nitrogen and oxygen atoms in total. The van der Waals surface area contributed by atoms with Crippen LogP contribution in [0.15, 0.2) is 70.7 Å². The van der Waals surface area contributed by atoms with Crippen LogP contribution in [0.2, 0.25) is 0 Å². The average Bonchev–Trinajstić information content (AvgIpc) is 3.69. The van der Waals surface area contributed by atoms with E-state index in [-0.39, 0.29) is 53.0 Å². The van der Waals surface area contributed by atoms with Gasteiger partial charge in [-0.05, 0) is 53.2 Å². The van der Waals surface area contributed by atoms with E-state index in [0.717, 1.165) is 41.6 Å². The SMILES string of the molecule is O=[C-]c1ccc2c(c1)nc(-c1ccc(OC(c3ccsc3)c3cccs3)cc1F)n2C1CCCCC1.[Na+].[OH-]. The summed E-state index contributed by atoms with van der Waals surface area (Å²) in [5, 5.41) is 6.10. The largest absolute Gasteiger partial charge is 1.00 e. The molecule has 3 heterocycles. The van der Waals surface area contributed by atoms with Gasteiger partial charge in [0.15, 0.2) is 6.10 Å². The summed E-state index contributed by atoms with van der Waals surface area (Å²) in [6.45, 7) is 0. The van der Waals surface area contributed by atoms with Crippen molar-refractivity contribution in [3.63, 3.8) is 0 Å². The zero-order chi connectivity index (χ0) is 24.5. The van der Waals surface area contributed by atoms with Crippen LogP contribution in [0.25, 0.3) is 22.4 Å². The Bertz CT molecular complexity index is 1460. The summed E-state index contributed by atoms with van der Waals surface area (Å²) in [6, 6.07) is 16.7. The normalized spacial score (nSPS) is 14.4. The molecule has 1 aliphatic carbocycles. The van der Waals surface area contributed by atoms with E-state index < -0.39 is 0 Å². The molecule has 2 aromatic carbocycles. The van der Waals surface area contributed by atoms with Crippen LogP contribution in [-0.4, -0.2) is 21.3 Å². The number of benzene rings is 2. The Hall–Kier alpha value is -2.33. The molecule has 1 fully saturated rings. The smallest absolute Gasteiger partial charge is 0.870 e. The third kappa shape index (κ3) is 5.66. The molecule has 1 saturated carbocycles. The molecule has 0 aliphatic heterocycles. The van der Waals surface area contributed by atoms with Gasteiger partial charge in [0.25, 0.3) is 0 Å². The molecule has 0 bridgehead atoms. The summed E-state index contributed by atoms with van der Waals surface area (Å²) in [5.74, 6) is 0.688. The van der Waals surface area contributed by atoms with E-state index in [4.69, 9.17) is 9.72 Å². The van der Waals surface area contributed by atoms with Crippen molar-refractivity contribution in [2.24, 2.45) is 0 Å². The summed E-state index contributed by atoms with van der Waals surface area (Å²) >= 11 is 3.23. The molecule has 0 saturated heterocycles. The van der Waals surface area contributed by atoms with Crippen LogP contribution in [0.1, 0.15) is 60.3 Å². The number of imidazole rings is 1. The van der Waals surface area contributed by atoms with E-state index in [1.54, 1.807) is 40.9 Å². The van der Waals surface area contributed by atoms with E-state index in [0.29, 0.717) is 28.2 Å². The molecule has 1 aliphatic rings. The topological polar surface area (TPSA) is 74.1 Å². The van der Waals surface area contributed by atoms with Gasteiger partial charge >= 0.3 is 29.6 Å². The van der Waals surface area contributed by atoms with Crippen molar-refractivity contribution in [3.05, 3.63) is 92.6 Å². The molecule has 190 valence electrons. The number of rotatable bonds is 7. The molecular formula is C29H25FN2NaO3S2-. The molecule has 6 rings (SSSR count). The van der Waals surface area contributed by atoms with Crippen LogP contribution >= 0.6 is 22.7 Å². The van der Waals surface area contributed by atoms with Gasteiger partial charge in [-0.1, -0.05) is 31.4 Å². The first-order valence-electron chi connectivity index (χ1n) is 12.1. The second kappa shape index (κ2) is 12.7. The zero-order valence-electron chi connectivity index (χ0n) is 21.0. The van der Waals surface area contributed by atoms with Gasteiger partial charge in [0.1, 0.15) is 17.4 Å². The number of aromatic nitrogens is 2. The van der Waals surface area contributed by atoms with Gasteiger partial charge in [0.05, 0.1) is 11.8 Å². The molecule has 9 heteroatoms. The summed E-state index contributed by atoms with van der Waals surface area (Å²) in [5.41, 5.74) is 3.54. The Balaban J connectivity index is 0.00000168. The molecule has 1 unspecified atom stereocenters. The van der Waals surface area contributed by atoms with Crippen molar-refractivity contribution in [1.29, 1.82) is 0 Å². The number of fused-ring (bicyclic) bond motifs is 1. The first kappa shape index (κ1) is 28.7. The van der Waals surface area contributed by atoms with Gasteiger partial charge in [-0.15, -0.1) is 23.0 Å². The van der Waals surface area contributed by atoms with Gasteiger partial charge in [-0.2, -0.15) is 17.4 Å². The fourth-order valence-corrected chi connectivity index (χ4v) is 6.56. The molecule has 0 radical (unpaired) electrons. The van der Waals surface area contributed by atoms with Crippen LogP contribution in [0.3, 0.4) is 0 Å². The molecule has 0 amide bonds. The maximum atomic E-state index is 15.7. The molecule has 38 heavy (non-hydrogen) atoms. The maximum Gasteiger partial charge on any atom is 1.00 e. The number of hydrogen-bond donors (Lipinski definition) is 0. The van der Waals surface area contributed by atoms with E-state index in [9.17, 15) is 4.79 Å². The van der Waals surface area contributed by atoms with E-state index in [2.05, 4.69) is 9.95 Å². The molecule has 0 spiro atoms. The second-order valence-electron chi connectivity index (χ2n) is 9.11. The van der Waals surface area contributed by atoms with E-state index in [1.807, 2.05) is 47.4 Å². The van der Waals surface area contributed by atoms with Crippen molar-refractivity contribution in [2.45, 2.75) is 44.2 Å². The first-order valence-corrected chi connectivity index (χ1v) is 14.0. The Kier molecular flexibility index (Phi) is 9.57. The zero-order valence-corrected chi connectivity index (χ0v) is 24.6. The predicted octanol–water partition coefficient (Wildman–Crippen LogP) is 4.92. The number of carbonyl (C=O) groups excluding carboxylic acids is 1. The monoisotopic (exact) mass is 555 g/mol. The van der Waals surface area contributed by atoms with Crippen molar-refractivity contribution in [3.8, 4) is 17.1 Å². The van der Waals surface area contributed by atoms with Crippen LogP contribution in [0.5, 0.6) is 5.75 Å². The van der Waals surface area contributed by atoms with Gasteiger partial charge < -0.3 is 19.6 Å². The van der Waals surface area contributed by atoms with Crippen molar-refractivity contribution < 1.29 is 49.0 Å². The Morgan fingerprint density at radius 2 is 1.89 bits per heavy atom. The second-order valence-corrected chi connectivity index (χ2v) is 10.9. The van der Waals surface area contributed by atoms with Crippen LogP contribution < -0.4 is 34.3 Å². The standard InChI is InChI=1S/C29H24FN2O2S2.Na.H2O/c30-24-16-22(34-28(20-12-14-35-18-20)27-7-4-13-36-27)9-10-23(24)29-31-25-15-19(17-33)8-11-26(25)32(29)21-5-2-1-3-6-21;;/h4,7-16,18,21,28H,1-3,5-6H2;;1H2/q-1;+1;/p-1. The third-order valence-electron chi connectivity index (χ3n) is 6.83. The Morgan fingerprint density at radius 3 is 2.58 bits per heavy atom. The number of halogens is 1. The van der Waals surface area contributed by atoms with Gasteiger partial charge in [-0.3, -0.25) is 0 Å². The molecule has 1 N–H and O–H groups in total. The Labute approximate surface area is 250 Å².